The Morgan fingerprint density at radius 3 is 1.29 bits per heavy atom. The molecule has 1 heterocycles. The molecule has 0 fully saturated rings. The van der Waals surface area contributed by atoms with Crippen molar-refractivity contribution in [3.8, 4) is 0 Å². The van der Waals surface area contributed by atoms with Crippen LogP contribution in [-0.4, -0.2) is 59.1 Å². The third kappa shape index (κ3) is 18.0. The van der Waals surface area contributed by atoms with Crippen molar-refractivity contribution in [2.24, 2.45) is 0 Å². The van der Waals surface area contributed by atoms with E-state index in [1.165, 1.54) is 96.4 Å². The molecule has 24 heavy (non-hydrogen) atoms. The molecule has 3 heteroatoms. The normalized spacial score (nSPS) is 10.0. The number of pyridine rings is 1. The van der Waals surface area contributed by atoms with Crippen LogP contribution in [0.3, 0.4) is 0 Å². The molecular formula is C21H40NNa2+. The van der Waals surface area contributed by atoms with Gasteiger partial charge in [0.15, 0.2) is 12.4 Å². The molecule has 1 aromatic rings. The first-order chi connectivity index (χ1) is 10.9. The Morgan fingerprint density at radius 2 is 0.875 bits per heavy atom. The van der Waals surface area contributed by atoms with Crippen LogP contribution in [0.5, 0.6) is 0 Å². The van der Waals surface area contributed by atoms with E-state index < -0.39 is 0 Å². The van der Waals surface area contributed by atoms with E-state index in [1.54, 1.807) is 0 Å². The van der Waals surface area contributed by atoms with Crippen LogP contribution >= 0.6 is 0 Å². The van der Waals surface area contributed by atoms with E-state index in [0.717, 1.165) is 0 Å². The van der Waals surface area contributed by atoms with Gasteiger partial charge in [0.05, 0.1) is 0 Å². The zero-order chi connectivity index (χ0) is 15.7. The average molecular weight is 353 g/mol. The predicted octanol–water partition coefficient (Wildman–Crippen LogP) is 5.16. The predicted molar refractivity (Wildman–Crippen MR) is 111 cm³/mol. The van der Waals surface area contributed by atoms with Crippen LogP contribution in [0.4, 0.5) is 0 Å². The molecule has 0 aliphatic heterocycles. The molecule has 0 aliphatic carbocycles. The van der Waals surface area contributed by atoms with Crippen molar-refractivity contribution in [2.45, 2.75) is 103 Å². The number of nitrogens with zero attached hydrogens (tertiary/aromatic N) is 1. The van der Waals surface area contributed by atoms with Crippen molar-refractivity contribution in [1.82, 2.24) is 0 Å². The molecule has 130 valence electrons. The van der Waals surface area contributed by atoms with Crippen LogP contribution in [-0.2, 0) is 6.54 Å². The number of rotatable bonds is 15. The Balaban J connectivity index is 0. The molecule has 1 aromatic heterocycles. The van der Waals surface area contributed by atoms with Gasteiger partial charge >= 0.3 is 59.1 Å². The molecule has 0 unspecified atom stereocenters. The monoisotopic (exact) mass is 352 g/mol. The average Bonchev–Trinajstić information content (AvgIpc) is 2.56. The van der Waals surface area contributed by atoms with Gasteiger partial charge in [-0.2, -0.15) is 0 Å². The van der Waals surface area contributed by atoms with Gasteiger partial charge in [-0.15, -0.1) is 0 Å². The fourth-order valence-corrected chi connectivity index (χ4v) is 3.07. The Labute approximate surface area is 196 Å². The maximum atomic E-state index is 2.29. The number of aromatic nitrogens is 1. The van der Waals surface area contributed by atoms with E-state index in [-0.39, 0.29) is 59.1 Å². The SMILES string of the molecule is CCCCCCCCCCCCCCCC[n+]1ccccc1.[NaH].[NaH]. The van der Waals surface area contributed by atoms with Crippen molar-refractivity contribution in [2.75, 3.05) is 0 Å². The second-order valence-electron chi connectivity index (χ2n) is 6.71. The molecule has 0 aromatic carbocycles. The van der Waals surface area contributed by atoms with Gasteiger partial charge in [0.25, 0.3) is 0 Å². The van der Waals surface area contributed by atoms with Crippen molar-refractivity contribution < 1.29 is 4.57 Å². The third-order valence-corrected chi connectivity index (χ3v) is 4.55. The molecule has 0 spiro atoms. The number of unbranched alkanes of at least 4 members (excludes halogenated alkanes) is 13. The fraction of sp³-hybridized carbons (Fsp3) is 0.762. The summed E-state index contributed by atoms with van der Waals surface area (Å²) in [6, 6.07) is 6.31. The van der Waals surface area contributed by atoms with Crippen molar-refractivity contribution in [1.29, 1.82) is 0 Å². The summed E-state index contributed by atoms with van der Waals surface area (Å²) >= 11 is 0. The zero-order valence-electron chi connectivity index (χ0n) is 14.9. The van der Waals surface area contributed by atoms with E-state index in [9.17, 15) is 0 Å². The summed E-state index contributed by atoms with van der Waals surface area (Å²) in [5, 5.41) is 0. The van der Waals surface area contributed by atoms with E-state index >= 15 is 0 Å². The second-order valence-corrected chi connectivity index (χ2v) is 6.71. The summed E-state index contributed by atoms with van der Waals surface area (Å²) in [5.74, 6) is 0. The fourth-order valence-electron chi connectivity index (χ4n) is 3.07. The molecule has 0 N–H and O–H groups in total. The van der Waals surface area contributed by atoms with Crippen LogP contribution in [0.1, 0.15) is 96.8 Å². The van der Waals surface area contributed by atoms with Crippen molar-refractivity contribution in [3.63, 3.8) is 0 Å². The topological polar surface area (TPSA) is 3.88 Å². The number of hydrogen-bond acceptors (Lipinski definition) is 0. The summed E-state index contributed by atoms with van der Waals surface area (Å²) < 4.78 is 2.29. The van der Waals surface area contributed by atoms with Crippen LogP contribution in [0.2, 0.25) is 0 Å². The Kier molecular flexibility index (Phi) is 25.3. The van der Waals surface area contributed by atoms with Gasteiger partial charge in [-0.25, -0.2) is 4.57 Å². The first kappa shape index (κ1) is 27.4. The Hall–Kier alpha value is 1.15. The molecule has 0 saturated carbocycles. The molecule has 0 saturated heterocycles. The standard InChI is InChI=1S/C21H38N.2Na.2H/c1-2-3-4-5-6-7-8-9-10-11-12-13-14-16-19-22-20-17-15-18-21-22;;;;/h15,17-18,20-21H,2-14,16,19H2,1H3;;;;/q+1;;;;. The summed E-state index contributed by atoms with van der Waals surface area (Å²) in [6.45, 7) is 3.47. The van der Waals surface area contributed by atoms with Gasteiger partial charge in [-0.05, 0) is 6.42 Å². The van der Waals surface area contributed by atoms with Gasteiger partial charge in [0.1, 0.15) is 6.54 Å². The zero-order valence-corrected chi connectivity index (χ0v) is 14.9. The first-order valence-corrected chi connectivity index (χ1v) is 9.87. The van der Waals surface area contributed by atoms with Crippen LogP contribution < -0.4 is 4.57 Å². The Bertz CT molecular complexity index is 330. The van der Waals surface area contributed by atoms with Crippen LogP contribution in [0.25, 0.3) is 0 Å². The number of hydrogen-bond donors (Lipinski definition) is 0. The van der Waals surface area contributed by atoms with Gasteiger partial charge in [-0.3, -0.25) is 0 Å². The molecule has 0 atom stereocenters. The van der Waals surface area contributed by atoms with E-state index in [4.69, 9.17) is 0 Å². The van der Waals surface area contributed by atoms with E-state index in [1.807, 2.05) is 0 Å². The molecule has 0 radical (unpaired) electrons. The summed E-state index contributed by atoms with van der Waals surface area (Å²) in [5.41, 5.74) is 0. The summed E-state index contributed by atoms with van der Waals surface area (Å²) in [6.07, 6.45) is 24.4. The summed E-state index contributed by atoms with van der Waals surface area (Å²) in [4.78, 5) is 0. The quantitative estimate of drug-likeness (QED) is 0.233. The van der Waals surface area contributed by atoms with E-state index in [0.29, 0.717) is 0 Å². The first-order valence-electron chi connectivity index (χ1n) is 9.87. The molecule has 0 amide bonds. The van der Waals surface area contributed by atoms with Crippen LogP contribution in [0, 0.1) is 0 Å². The molecule has 0 bridgehead atoms. The number of aryl methyl sites for hydroxylation is 1. The molecule has 0 aliphatic rings. The molecule has 1 nitrogen and oxygen atoms in total. The minimum absolute atomic E-state index is 0. The maximum absolute atomic E-state index is 2.29. The van der Waals surface area contributed by atoms with E-state index in [2.05, 4.69) is 42.1 Å². The van der Waals surface area contributed by atoms with Gasteiger partial charge in [0.2, 0.25) is 0 Å². The van der Waals surface area contributed by atoms with Crippen LogP contribution in [0.15, 0.2) is 30.6 Å². The van der Waals surface area contributed by atoms with Crippen molar-refractivity contribution in [3.05, 3.63) is 30.6 Å². The van der Waals surface area contributed by atoms with Gasteiger partial charge in [0, 0.05) is 18.6 Å². The molecule has 1 rings (SSSR count). The minimum atomic E-state index is 0. The van der Waals surface area contributed by atoms with Gasteiger partial charge in [-0.1, -0.05) is 90.0 Å². The van der Waals surface area contributed by atoms with Crippen molar-refractivity contribution >= 4 is 59.1 Å². The Morgan fingerprint density at radius 1 is 0.500 bits per heavy atom. The molecular weight excluding hydrogens is 312 g/mol. The second kappa shape index (κ2) is 22.2. The summed E-state index contributed by atoms with van der Waals surface area (Å²) in [7, 11) is 0. The third-order valence-electron chi connectivity index (χ3n) is 4.55. The van der Waals surface area contributed by atoms with Gasteiger partial charge < -0.3 is 0 Å².